The highest BCUT2D eigenvalue weighted by Gasteiger charge is 2.06. The highest BCUT2D eigenvalue weighted by Crippen LogP contribution is 2.16. The molecular weight excluding hydrogens is 228 g/mol. The van der Waals surface area contributed by atoms with E-state index >= 15 is 0 Å². The summed E-state index contributed by atoms with van der Waals surface area (Å²) in [7, 11) is 0. The Morgan fingerprint density at radius 1 is 1.60 bits per heavy atom. The third-order valence-electron chi connectivity index (χ3n) is 1.72. The van der Waals surface area contributed by atoms with E-state index in [9.17, 15) is 0 Å². The van der Waals surface area contributed by atoms with Crippen LogP contribution in [-0.2, 0) is 6.54 Å². The molecule has 0 aliphatic heterocycles. The van der Waals surface area contributed by atoms with Crippen molar-refractivity contribution in [3.8, 4) is 0 Å². The van der Waals surface area contributed by atoms with Crippen LogP contribution in [0.3, 0.4) is 0 Å². The average molecular weight is 238 g/mol. The van der Waals surface area contributed by atoms with Crippen LogP contribution < -0.4 is 0 Å². The van der Waals surface area contributed by atoms with Gasteiger partial charge in [-0.05, 0) is 21.9 Å². The van der Waals surface area contributed by atoms with Crippen LogP contribution in [-0.4, -0.2) is 26.0 Å². The van der Waals surface area contributed by atoms with Crippen LogP contribution in [0.4, 0.5) is 0 Å². The first-order chi connectivity index (χ1) is 7.40. The summed E-state index contributed by atoms with van der Waals surface area (Å²) in [6, 6.07) is 4.11. The molecule has 0 bridgehead atoms. The zero-order valence-corrected chi connectivity index (χ0v) is 9.67. The van der Waals surface area contributed by atoms with Gasteiger partial charge < -0.3 is 0 Å². The van der Waals surface area contributed by atoms with Gasteiger partial charge in [-0.1, -0.05) is 23.9 Å². The van der Waals surface area contributed by atoms with E-state index < -0.39 is 0 Å². The molecule has 0 saturated heterocycles. The second kappa shape index (κ2) is 5.09. The van der Waals surface area contributed by atoms with Gasteiger partial charge in [0.15, 0.2) is 0 Å². The molecule has 0 atom stereocenters. The molecule has 0 aliphatic rings. The van der Waals surface area contributed by atoms with Gasteiger partial charge in [0.2, 0.25) is 5.16 Å². The second-order valence-corrected chi connectivity index (χ2v) is 4.82. The molecule has 2 aromatic heterocycles. The summed E-state index contributed by atoms with van der Waals surface area (Å²) < 4.78 is 1.81. The van der Waals surface area contributed by atoms with Crippen molar-refractivity contribution in [1.82, 2.24) is 20.2 Å². The van der Waals surface area contributed by atoms with Crippen molar-refractivity contribution in [2.45, 2.75) is 11.7 Å². The van der Waals surface area contributed by atoms with Crippen molar-refractivity contribution >= 4 is 23.1 Å². The molecule has 0 fully saturated rings. The maximum atomic E-state index is 3.96. The van der Waals surface area contributed by atoms with Gasteiger partial charge in [0.25, 0.3) is 0 Å². The van der Waals surface area contributed by atoms with Crippen LogP contribution in [0.25, 0.3) is 0 Å². The number of hydrogen-bond donors (Lipinski definition) is 0. The van der Waals surface area contributed by atoms with E-state index in [-0.39, 0.29) is 0 Å². The van der Waals surface area contributed by atoms with Crippen molar-refractivity contribution in [3.05, 3.63) is 35.0 Å². The zero-order chi connectivity index (χ0) is 10.5. The Morgan fingerprint density at radius 2 is 2.53 bits per heavy atom. The van der Waals surface area contributed by atoms with Crippen LogP contribution in [0.2, 0.25) is 0 Å². The number of thiophene rings is 1. The second-order valence-electron chi connectivity index (χ2n) is 2.80. The van der Waals surface area contributed by atoms with E-state index in [0.29, 0.717) is 0 Å². The summed E-state index contributed by atoms with van der Waals surface area (Å²) >= 11 is 3.30. The summed E-state index contributed by atoms with van der Waals surface area (Å²) in [6.45, 7) is 4.41. The number of hydrogen-bond acceptors (Lipinski definition) is 5. The SMILES string of the molecule is C=CCSc1nnnn1Cc1cccs1. The Morgan fingerprint density at radius 3 is 3.27 bits per heavy atom. The predicted octanol–water partition coefficient (Wildman–Crippen LogP) is 2.06. The molecule has 0 amide bonds. The Balaban J connectivity index is 2.07. The van der Waals surface area contributed by atoms with Crippen molar-refractivity contribution < 1.29 is 0 Å². The first-order valence-electron chi connectivity index (χ1n) is 4.42. The number of thioether (sulfide) groups is 1. The van der Waals surface area contributed by atoms with Crippen molar-refractivity contribution in [1.29, 1.82) is 0 Å². The van der Waals surface area contributed by atoms with E-state index in [1.807, 2.05) is 12.1 Å². The predicted molar refractivity (Wildman–Crippen MR) is 62.2 cm³/mol. The lowest BCUT2D eigenvalue weighted by Crippen LogP contribution is -2.02. The van der Waals surface area contributed by atoms with Gasteiger partial charge >= 0.3 is 0 Å². The monoisotopic (exact) mass is 238 g/mol. The molecule has 0 N–H and O–H groups in total. The Bertz CT molecular complexity index is 421. The molecule has 0 radical (unpaired) electrons. The fraction of sp³-hybridized carbons (Fsp3) is 0.222. The lowest BCUT2D eigenvalue weighted by Gasteiger charge is -2.00. The van der Waals surface area contributed by atoms with E-state index in [1.165, 1.54) is 4.88 Å². The van der Waals surface area contributed by atoms with Crippen LogP contribution in [0, 0.1) is 0 Å². The molecule has 15 heavy (non-hydrogen) atoms. The molecule has 0 aromatic carbocycles. The lowest BCUT2D eigenvalue weighted by atomic mass is 10.5. The van der Waals surface area contributed by atoms with Crippen LogP contribution in [0.5, 0.6) is 0 Å². The Hall–Kier alpha value is -1.14. The fourth-order valence-corrected chi connectivity index (χ4v) is 2.38. The summed E-state index contributed by atoms with van der Waals surface area (Å²) in [5.74, 6) is 0.824. The molecule has 4 nitrogen and oxygen atoms in total. The van der Waals surface area contributed by atoms with Gasteiger partial charge in [0, 0.05) is 10.6 Å². The van der Waals surface area contributed by atoms with Gasteiger partial charge in [-0.15, -0.1) is 23.0 Å². The largest absolute Gasteiger partial charge is 0.215 e. The minimum absolute atomic E-state index is 0.740. The van der Waals surface area contributed by atoms with E-state index in [4.69, 9.17) is 0 Å². The third-order valence-corrected chi connectivity index (χ3v) is 3.53. The molecule has 2 aromatic rings. The maximum absolute atomic E-state index is 3.96. The average Bonchev–Trinajstić information content (AvgIpc) is 2.87. The summed E-state index contributed by atoms with van der Waals surface area (Å²) in [6.07, 6.45) is 1.84. The molecule has 78 valence electrons. The van der Waals surface area contributed by atoms with E-state index in [1.54, 1.807) is 27.8 Å². The molecule has 2 heterocycles. The number of nitrogens with zero attached hydrogens (tertiary/aromatic N) is 4. The summed E-state index contributed by atoms with van der Waals surface area (Å²) in [5, 5.41) is 14.5. The van der Waals surface area contributed by atoms with Crippen molar-refractivity contribution in [2.75, 3.05) is 5.75 Å². The van der Waals surface area contributed by atoms with Gasteiger partial charge in [-0.2, -0.15) is 0 Å². The zero-order valence-electron chi connectivity index (χ0n) is 8.04. The Kier molecular flexibility index (Phi) is 3.52. The minimum atomic E-state index is 0.740. The third kappa shape index (κ3) is 2.66. The molecule has 2 rings (SSSR count). The number of rotatable bonds is 5. The normalized spacial score (nSPS) is 10.4. The van der Waals surface area contributed by atoms with Gasteiger partial charge in [0.05, 0.1) is 6.54 Å². The van der Waals surface area contributed by atoms with Gasteiger partial charge in [-0.25, -0.2) is 4.68 Å². The summed E-state index contributed by atoms with van der Waals surface area (Å²) in [5.41, 5.74) is 0. The van der Waals surface area contributed by atoms with Crippen LogP contribution in [0.1, 0.15) is 4.88 Å². The highest BCUT2D eigenvalue weighted by molar-refractivity contribution is 7.99. The van der Waals surface area contributed by atoms with Gasteiger partial charge in [-0.3, -0.25) is 0 Å². The smallest absolute Gasteiger partial charge is 0.209 e. The molecular formula is C9H10N4S2. The van der Waals surface area contributed by atoms with Gasteiger partial charge in [0.1, 0.15) is 0 Å². The van der Waals surface area contributed by atoms with Crippen molar-refractivity contribution in [3.63, 3.8) is 0 Å². The molecule has 0 aliphatic carbocycles. The standard InChI is InChI=1S/C9H10N4S2/c1-2-5-15-9-10-11-12-13(9)7-8-4-3-6-14-8/h2-4,6H,1,5,7H2. The minimum Gasteiger partial charge on any atom is -0.215 e. The Labute approximate surface area is 96.0 Å². The topological polar surface area (TPSA) is 43.6 Å². The van der Waals surface area contributed by atoms with E-state index in [0.717, 1.165) is 17.5 Å². The first kappa shape index (κ1) is 10.4. The highest BCUT2D eigenvalue weighted by atomic mass is 32.2. The first-order valence-corrected chi connectivity index (χ1v) is 6.29. The van der Waals surface area contributed by atoms with E-state index in [2.05, 4.69) is 33.6 Å². The number of tetrazole rings is 1. The molecule has 0 saturated carbocycles. The maximum Gasteiger partial charge on any atom is 0.209 e. The quantitative estimate of drug-likeness (QED) is 0.591. The summed E-state index contributed by atoms with van der Waals surface area (Å²) in [4.78, 5) is 1.25. The molecule has 0 spiro atoms. The number of aromatic nitrogens is 4. The molecule has 6 heteroatoms. The fourth-order valence-electron chi connectivity index (χ4n) is 1.08. The van der Waals surface area contributed by atoms with Crippen molar-refractivity contribution in [2.24, 2.45) is 0 Å². The van der Waals surface area contributed by atoms with Crippen LogP contribution >= 0.6 is 23.1 Å². The van der Waals surface area contributed by atoms with Crippen LogP contribution in [0.15, 0.2) is 35.3 Å². The lowest BCUT2D eigenvalue weighted by molar-refractivity contribution is 0.608. The molecule has 0 unspecified atom stereocenters.